The molecular formula is C22H23FN2O3. The Kier molecular flexibility index (Phi) is 5.87. The Balaban J connectivity index is 1.93. The summed E-state index contributed by atoms with van der Waals surface area (Å²) in [6.07, 6.45) is 2.12. The average molecular weight is 382 g/mol. The van der Waals surface area contributed by atoms with Crippen molar-refractivity contribution in [1.29, 1.82) is 0 Å². The van der Waals surface area contributed by atoms with Gasteiger partial charge in [-0.3, -0.25) is 9.59 Å². The number of nitrogens with zero attached hydrogens (tertiary/aromatic N) is 2. The molecule has 0 radical (unpaired) electrons. The third kappa shape index (κ3) is 3.96. The Morgan fingerprint density at radius 2 is 1.96 bits per heavy atom. The van der Waals surface area contributed by atoms with Gasteiger partial charge in [-0.25, -0.2) is 4.39 Å². The van der Waals surface area contributed by atoms with Gasteiger partial charge in [0.15, 0.2) is 0 Å². The van der Waals surface area contributed by atoms with Crippen molar-refractivity contribution in [2.45, 2.75) is 39.7 Å². The summed E-state index contributed by atoms with van der Waals surface area (Å²) in [5.41, 5.74) is 3.68. The van der Waals surface area contributed by atoms with E-state index >= 15 is 0 Å². The summed E-state index contributed by atoms with van der Waals surface area (Å²) in [7, 11) is 0. The Morgan fingerprint density at radius 1 is 1.18 bits per heavy atom. The number of carbonyl (C=O) groups is 3. The van der Waals surface area contributed by atoms with Crippen LogP contribution in [0.15, 0.2) is 36.4 Å². The summed E-state index contributed by atoms with van der Waals surface area (Å²) in [4.78, 5) is 38.0. The van der Waals surface area contributed by atoms with Crippen molar-refractivity contribution in [3.05, 3.63) is 58.9 Å². The third-order valence-electron chi connectivity index (χ3n) is 5.05. The highest BCUT2D eigenvalue weighted by Crippen LogP contribution is 2.34. The lowest BCUT2D eigenvalue weighted by atomic mass is 10.1. The van der Waals surface area contributed by atoms with E-state index in [0.29, 0.717) is 24.2 Å². The molecule has 2 aromatic carbocycles. The molecule has 2 amide bonds. The van der Waals surface area contributed by atoms with Gasteiger partial charge in [0.25, 0.3) is 0 Å². The number of anilines is 2. The zero-order chi connectivity index (χ0) is 20.3. The number of aryl methyl sites for hydroxylation is 1. The highest BCUT2D eigenvalue weighted by atomic mass is 19.1. The smallest absolute Gasteiger partial charge is 0.224 e. The van der Waals surface area contributed by atoms with E-state index in [4.69, 9.17) is 0 Å². The second-order valence-corrected chi connectivity index (χ2v) is 6.93. The van der Waals surface area contributed by atoms with Gasteiger partial charge in [0, 0.05) is 32.5 Å². The van der Waals surface area contributed by atoms with E-state index in [1.807, 2.05) is 18.2 Å². The minimum atomic E-state index is -0.436. The van der Waals surface area contributed by atoms with Gasteiger partial charge in [-0.15, -0.1) is 0 Å². The van der Waals surface area contributed by atoms with Crippen LogP contribution < -0.4 is 9.80 Å². The summed E-state index contributed by atoms with van der Waals surface area (Å²) in [6.45, 7) is 3.84. The zero-order valence-corrected chi connectivity index (χ0v) is 16.1. The van der Waals surface area contributed by atoms with Crippen LogP contribution in [-0.2, 0) is 33.8 Å². The molecule has 5 nitrogen and oxygen atoms in total. The molecule has 1 aliphatic rings. The molecular weight excluding hydrogens is 359 g/mol. The monoisotopic (exact) mass is 382 g/mol. The molecule has 0 fully saturated rings. The SMILES string of the molecule is CC(=O)N(Cc1cccc2c1N(C(C)=O)CC2)c1ccc(CCC=O)c(F)c1. The van der Waals surface area contributed by atoms with E-state index in [-0.39, 0.29) is 24.8 Å². The molecule has 1 heterocycles. The molecule has 0 saturated carbocycles. The summed E-state index contributed by atoms with van der Waals surface area (Å²) < 4.78 is 14.4. The van der Waals surface area contributed by atoms with Gasteiger partial charge in [0.2, 0.25) is 11.8 Å². The van der Waals surface area contributed by atoms with Crippen molar-refractivity contribution in [2.75, 3.05) is 16.3 Å². The first-order valence-electron chi connectivity index (χ1n) is 9.31. The molecule has 0 bridgehead atoms. The summed E-state index contributed by atoms with van der Waals surface area (Å²) in [6, 6.07) is 10.4. The molecule has 0 unspecified atom stereocenters. The molecule has 1 aliphatic heterocycles. The van der Waals surface area contributed by atoms with Crippen LogP contribution in [0.3, 0.4) is 0 Å². The molecule has 6 heteroatoms. The molecule has 28 heavy (non-hydrogen) atoms. The number of para-hydroxylation sites is 1. The number of aldehydes is 1. The quantitative estimate of drug-likeness (QED) is 0.720. The minimum Gasteiger partial charge on any atom is -0.312 e. The number of fused-ring (bicyclic) bond motifs is 1. The zero-order valence-electron chi connectivity index (χ0n) is 16.1. The maximum atomic E-state index is 14.4. The Bertz CT molecular complexity index is 926. The summed E-state index contributed by atoms with van der Waals surface area (Å²) in [5, 5.41) is 0. The van der Waals surface area contributed by atoms with Gasteiger partial charge in [0.1, 0.15) is 12.1 Å². The number of halogens is 1. The molecule has 0 saturated heterocycles. The van der Waals surface area contributed by atoms with Crippen molar-refractivity contribution >= 4 is 29.5 Å². The van der Waals surface area contributed by atoms with Crippen LogP contribution in [0.4, 0.5) is 15.8 Å². The molecule has 0 N–H and O–H groups in total. The number of carbonyl (C=O) groups excluding carboxylic acids is 3. The van der Waals surface area contributed by atoms with Crippen molar-refractivity contribution in [3.63, 3.8) is 0 Å². The van der Waals surface area contributed by atoms with Crippen molar-refractivity contribution < 1.29 is 18.8 Å². The first-order chi connectivity index (χ1) is 13.4. The van der Waals surface area contributed by atoms with Crippen molar-refractivity contribution in [3.8, 4) is 0 Å². The average Bonchev–Trinajstić information content (AvgIpc) is 3.10. The minimum absolute atomic E-state index is 0.0360. The Hall–Kier alpha value is -3.02. The third-order valence-corrected chi connectivity index (χ3v) is 5.05. The molecule has 0 aromatic heterocycles. The standard InChI is InChI=1S/C22H23FN2O3/c1-15(27)24-11-10-18-5-3-6-19(22(18)24)14-25(16(2)28)20-9-8-17(7-4-12-26)21(23)13-20/h3,5-6,8-9,12-13H,4,7,10-11,14H2,1-2H3. The number of rotatable bonds is 6. The molecule has 2 aromatic rings. The summed E-state index contributed by atoms with van der Waals surface area (Å²) >= 11 is 0. The number of hydrogen-bond donors (Lipinski definition) is 0. The maximum Gasteiger partial charge on any atom is 0.224 e. The highest BCUT2D eigenvalue weighted by molar-refractivity contribution is 5.96. The van der Waals surface area contributed by atoms with Gasteiger partial charge in [-0.1, -0.05) is 24.3 Å². The van der Waals surface area contributed by atoms with E-state index in [0.717, 1.165) is 29.5 Å². The van der Waals surface area contributed by atoms with E-state index in [2.05, 4.69) is 0 Å². The van der Waals surface area contributed by atoms with E-state index in [9.17, 15) is 18.8 Å². The van der Waals surface area contributed by atoms with E-state index in [1.165, 1.54) is 24.8 Å². The van der Waals surface area contributed by atoms with E-state index < -0.39 is 5.82 Å². The fraction of sp³-hybridized carbons (Fsp3) is 0.318. The molecule has 0 aliphatic carbocycles. The van der Waals surface area contributed by atoms with Crippen molar-refractivity contribution in [1.82, 2.24) is 0 Å². The first kappa shape index (κ1) is 19.7. The molecule has 0 atom stereocenters. The Labute approximate surface area is 163 Å². The topological polar surface area (TPSA) is 57.7 Å². The molecule has 146 valence electrons. The van der Waals surface area contributed by atoms with Gasteiger partial charge < -0.3 is 14.6 Å². The fourth-order valence-corrected chi connectivity index (χ4v) is 3.66. The maximum absolute atomic E-state index is 14.4. The van der Waals surface area contributed by atoms with Gasteiger partial charge in [-0.05, 0) is 41.7 Å². The van der Waals surface area contributed by atoms with Crippen LogP contribution >= 0.6 is 0 Å². The fourth-order valence-electron chi connectivity index (χ4n) is 3.66. The normalized spacial score (nSPS) is 12.6. The highest BCUT2D eigenvalue weighted by Gasteiger charge is 2.26. The van der Waals surface area contributed by atoms with Crippen LogP contribution in [0.5, 0.6) is 0 Å². The predicted octanol–water partition coefficient (Wildman–Crippen LogP) is 3.42. The lowest BCUT2D eigenvalue weighted by molar-refractivity contribution is -0.117. The van der Waals surface area contributed by atoms with Crippen LogP contribution in [0.2, 0.25) is 0 Å². The van der Waals surface area contributed by atoms with Crippen LogP contribution in [0.1, 0.15) is 37.0 Å². The van der Waals surface area contributed by atoms with Gasteiger partial charge in [0.05, 0.1) is 12.2 Å². The Morgan fingerprint density at radius 3 is 2.61 bits per heavy atom. The predicted molar refractivity (Wildman–Crippen MR) is 106 cm³/mol. The summed E-state index contributed by atoms with van der Waals surface area (Å²) in [5.74, 6) is -0.689. The largest absolute Gasteiger partial charge is 0.312 e. The second-order valence-electron chi connectivity index (χ2n) is 6.93. The second kappa shape index (κ2) is 8.33. The number of hydrogen-bond acceptors (Lipinski definition) is 3. The van der Waals surface area contributed by atoms with Gasteiger partial charge in [-0.2, -0.15) is 0 Å². The van der Waals surface area contributed by atoms with Crippen LogP contribution in [0, 0.1) is 5.82 Å². The number of benzene rings is 2. The van der Waals surface area contributed by atoms with Crippen LogP contribution in [-0.4, -0.2) is 24.6 Å². The lowest BCUT2D eigenvalue weighted by Crippen LogP contribution is -2.31. The number of amides is 2. The first-order valence-corrected chi connectivity index (χ1v) is 9.31. The van der Waals surface area contributed by atoms with Crippen molar-refractivity contribution in [2.24, 2.45) is 0 Å². The molecule has 0 spiro atoms. The lowest BCUT2D eigenvalue weighted by Gasteiger charge is -2.25. The van der Waals surface area contributed by atoms with E-state index in [1.54, 1.807) is 17.0 Å². The molecule has 3 rings (SSSR count). The van der Waals surface area contributed by atoms with Gasteiger partial charge >= 0.3 is 0 Å². The van der Waals surface area contributed by atoms with Crippen LogP contribution in [0.25, 0.3) is 0 Å².